The monoisotopic (exact) mass is 739 g/mol. The van der Waals surface area contributed by atoms with Crippen LogP contribution in [0.4, 0.5) is 0 Å². The highest BCUT2D eigenvalue weighted by Gasteiger charge is 2.46. The van der Waals surface area contributed by atoms with E-state index in [4.69, 9.17) is 8.85 Å². The number of aliphatic hydroxyl groups excluding tert-OH is 1. The van der Waals surface area contributed by atoms with Crippen LogP contribution in [0.1, 0.15) is 113 Å². The van der Waals surface area contributed by atoms with E-state index in [1.807, 2.05) is 25.3 Å². The highest BCUT2D eigenvalue weighted by molar-refractivity contribution is 8.01. The Labute approximate surface area is 304 Å². The maximum absolute atomic E-state index is 12.1. The van der Waals surface area contributed by atoms with Gasteiger partial charge in [-0.1, -0.05) is 79.2 Å². The number of carboxylic acid groups (broad SMARTS) is 1. The second kappa shape index (κ2) is 18.0. The normalized spacial score (nSPS) is 17.8. The Bertz CT molecular complexity index is 1270. The molecule has 0 radical (unpaired) electrons. The molecule has 276 valence electrons. The Morgan fingerprint density at radius 2 is 1.54 bits per heavy atom. The summed E-state index contributed by atoms with van der Waals surface area (Å²) in [5.41, 5.74) is 3.02. The van der Waals surface area contributed by atoms with Gasteiger partial charge in [-0.3, -0.25) is 4.79 Å². The van der Waals surface area contributed by atoms with E-state index in [9.17, 15) is 15.0 Å². The van der Waals surface area contributed by atoms with E-state index >= 15 is 0 Å². The van der Waals surface area contributed by atoms with E-state index in [-0.39, 0.29) is 33.8 Å². The van der Waals surface area contributed by atoms with Gasteiger partial charge < -0.3 is 19.1 Å². The van der Waals surface area contributed by atoms with Crippen LogP contribution in [0.15, 0.2) is 34.8 Å². The quantitative estimate of drug-likeness (QED) is 0.114. The number of carbonyl (C=O) groups is 1. The number of thiazole rings is 1. The predicted octanol–water partition coefficient (Wildman–Crippen LogP) is 11.3. The zero-order valence-electron chi connectivity index (χ0n) is 33.3. The Morgan fingerprint density at radius 1 is 1.00 bits per heavy atom. The van der Waals surface area contributed by atoms with Gasteiger partial charge in [-0.05, 0) is 95.4 Å². The number of rotatable bonds is 18. The van der Waals surface area contributed by atoms with Crippen molar-refractivity contribution >= 4 is 51.8 Å². The number of hydrogen-bond acceptors (Lipinski definition) is 7. The maximum atomic E-state index is 12.1. The summed E-state index contributed by atoms with van der Waals surface area (Å²) in [6.45, 7) is 37.2. The number of carboxylic acids is 1. The molecule has 0 fully saturated rings. The number of aryl methyl sites for hydroxylation is 1. The van der Waals surface area contributed by atoms with E-state index in [1.54, 1.807) is 23.1 Å². The van der Waals surface area contributed by atoms with Gasteiger partial charge in [0.15, 0.2) is 16.6 Å². The second-order valence-corrected chi connectivity index (χ2v) is 29.8. The van der Waals surface area contributed by atoms with Gasteiger partial charge in [0.2, 0.25) is 0 Å². The first-order valence-corrected chi connectivity index (χ1v) is 25.0. The molecule has 0 aliphatic heterocycles. The van der Waals surface area contributed by atoms with E-state index in [1.165, 1.54) is 5.57 Å². The van der Waals surface area contributed by atoms with E-state index in [0.717, 1.165) is 22.7 Å². The largest absolute Gasteiger partial charge is 0.481 e. The summed E-state index contributed by atoms with van der Waals surface area (Å²) in [6, 6.07) is 0. The van der Waals surface area contributed by atoms with Gasteiger partial charge in [-0.15, -0.1) is 23.1 Å². The number of thioether (sulfide) groups is 1. The van der Waals surface area contributed by atoms with Crippen LogP contribution < -0.4 is 0 Å². The molecule has 48 heavy (non-hydrogen) atoms. The van der Waals surface area contributed by atoms with E-state index < -0.39 is 39.6 Å². The Morgan fingerprint density at radius 3 is 2.02 bits per heavy atom. The SMILES string of the molecule is C/C(=C/C[C@H](O)/C(C)=C/c1csc(C)n1)C/C=C\[C@H](C)[C@H](O[Si](C)(C)C(C)(C)C)[C@@H](C)SC(C)(C)[C@H](CC(=O)O)O[Si](C)(C)C(C)(C)C. The third kappa shape index (κ3) is 14.3. The fourth-order valence-corrected chi connectivity index (χ4v) is 10.2. The number of aliphatic hydroxyl groups is 1. The molecule has 1 aromatic rings. The fraction of sp³-hybridized carbons (Fsp3) is 0.737. The summed E-state index contributed by atoms with van der Waals surface area (Å²) in [5.74, 6) is -0.691. The molecule has 0 aliphatic carbocycles. The molecule has 0 spiro atoms. The maximum Gasteiger partial charge on any atom is 0.305 e. The van der Waals surface area contributed by atoms with Crippen LogP contribution in [0.25, 0.3) is 6.08 Å². The molecule has 0 aromatic carbocycles. The van der Waals surface area contributed by atoms with Crippen molar-refractivity contribution in [1.82, 2.24) is 4.98 Å². The van der Waals surface area contributed by atoms with Gasteiger partial charge in [-0.2, -0.15) is 0 Å². The van der Waals surface area contributed by atoms with Crippen LogP contribution in [-0.2, 0) is 13.6 Å². The van der Waals surface area contributed by atoms with Gasteiger partial charge in [0.1, 0.15) is 0 Å². The summed E-state index contributed by atoms with van der Waals surface area (Å²) >= 11 is 3.41. The standard InChI is InChI=1S/C38H69NO5S2Si2/c1-26(21-22-32(40)28(3)23-31-25-45-30(5)39-31)19-18-20-27(2)35(44-48(16,17)37(9,10)11)29(4)46-38(12,13)33(24-34(41)42)43-47(14,15)36(6,7)8/h18,20-21,23,25,27,29,32-33,35,40H,19,22,24H2,1-17H3,(H,41,42)/b20-18-,26-21-,28-23+/t27-,29+,32-,33-,35-/m0/s1. The number of aromatic nitrogens is 1. The molecule has 0 unspecified atom stereocenters. The number of hydrogen-bond donors (Lipinski definition) is 2. The van der Waals surface area contributed by atoms with Crippen molar-refractivity contribution in [2.24, 2.45) is 5.92 Å². The summed E-state index contributed by atoms with van der Waals surface area (Å²) in [5, 5.41) is 23.8. The topological polar surface area (TPSA) is 88.9 Å². The fourth-order valence-electron chi connectivity index (χ4n) is 4.83. The molecule has 5 atom stereocenters. The van der Waals surface area contributed by atoms with Crippen LogP contribution in [0.5, 0.6) is 0 Å². The van der Waals surface area contributed by atoms with Gasteiger partial charge >= 0.3 is 5.97 Å². The molecular weight excluding hydrogens is 671 g/mol. The first-order valence-electron chi connectivity index (χ1n) is 17.5. The van der Waals surface area contributed by atoms with Crippen molar-refractivity contribution in [3.63, 3.8) is 0 Å². The molecule has 2 N–H and O–H groups in total. The first-order chi connectivity index (χ1) is 21.6. The molecule has 1 heterocycles. The highest BCUT2D eigenvalue weighted by atomic mass is 32.2. The summed E-state index contributed by atoms with van der Waals surface area (Å²) in [7, 11) is -4.34. The predicted molar refractivity (Wildman–Crippen MR) is 215 cm³/mol. The van der Waals surface area contributed by atoms with Gasteiger partial charge in [0, 0.05) is 21.3 Å². The molecule has 6 nitrogen and oxygen atoms in total. The summed E-state index contributed by atoms with van der Waals surface area (Å²) < 4.78 is 13.5. The lowest BCUT2D eigenvalue weighted by Gasteiger charge is -2.46. The van der Waals surface area contributed by atoms with Crippen molar-refractivity contribution in [1.29, 1.82) is 0 Å². The van der Waals surface area contributed by atoms with Crippen LogP contribution in [0.3, 0.4) is 0 Å². The molecule has 0 bridgehead atoms. The lowest BCUT2D eigenvalue weighted by atomic mass is 10.00. The van der Waals surface area contributed by atoms with Crippen LogP contribution in [-0.4, -0.2) is 66.1 Å². The number of allylic oxidation sites excluding steroid dienone is 2. The molecule has 0 aliphatic rings. The molecule has 1 rings (SSSR count). The van der Waals surface area contributed by atoms with Crippen LogP contribution >= 0.6 is 23.1 Å². The second-order valence-electron chi connectivity index (χ2n) is 17.2. The van der Waals surface area contributed by atoms with Crippen molar-refractivity contribution in [2.45, 2.75) is 174 Å². The molecule has 10 heteroatoms. The van der Waals surface area contributed by atoms with Crippen molar-refractivity contribution < 1.29 is 23.9 Å². The van der Waals surface area contributed by atoms with Crippen molar-refractivity contribution in [2.75, 3.05) is 0 Å². The van der Waals surface area contributed by atoms with E-state index in [0.29, 0.717) is 6.42 Å². The highest BCUT2D eigenvalue weighted by Crippen LogP contribution is 2.45. The van der Waals surface area contributed by atoms with Crippen molar-refractivity contribution in [3.8, 4) is 0 Å². The Hall–Kier alpha value is -1.02. The molecule has 0 saturated heterocycles. The molecule has 0 amide bonds. The molecule has 1 aromatic heterocycles. The smallest absolute Gasteiger partial charge is 0.305 e. The lowest BCUT2D eigenvalue weighted by Crippen LogP contribution is -2.52. The third-order valence-corrected chi connectivity index (χ3v) is 21.5. The average Bonchev–Trinajstić information content (AvgIpc) is 3.31. The summed E-state index contributed by atoms with van der Waals surface area (Å²) in [4.78, 5) is 16.5. The molecule has 0 saturated carbocycles. The van der Waals surface area contributed by atoms with Gasteiger partial charge in [0.05, 0.1) is 35.4 Å². The number of aliphatic carboxylic acids is 1. The van der Waals surface area contributed by atoms with Crippen molar-refractivity contribution in [3.05, 3.63) is 45.5 Å². The Kier molecular flexibility index (Phi) is 16.8. The lowest BCUT2D eigenvalue weighted by molar-refractivity contribution is -0.139. The first kappa shape index (κ1) is 45.0. The van der Waals surface area contributed by atoms with E-state index in [2.05, 4.69) is 126 Å². The summed E-state index contributed by atoms with van der Waals surface area (Å²) in [6.07, 6.45) is 8.90. The zero-order chi connectivity index (χ0) is 37.5. The minimum Gasteiger partial charge on any atom is -0.481 e. The number of nitrogens with zero attached hydrogens (tertiary/aromatic N) is 1. The van der Waals surface area contributed by atoms with Gasteiger partial charge in [-0.25, -0.2) is 4.98 Å². The average molecular weight is 740 g/mol. The minimum atomic E-state index is -2.21. The molecular formula is C38H69NO5S2Si2. The zero-order valence-corrected chi connectivity index (χ0v) is 36.9. The van der Waals surface area contributed by atoms with Gasteiger partial charge in [0.25, 0.3) is 0 Å². The van der Waals surface area contributed by atoms with Crippen LogP contribution in [0.2, 0.25) is 36.3 Å². The minimum absolute atomic E-state index is 0.0234. The van der Waals surface area contributed by atoms with Crippen LogP contribution in [0, 0.1) is 12.8 Å². The third-order valence-electron chi connectivity index (χ3n) is 10.2. The Balaban J connectivity index is 3.20.